The van der Waals surface area contributed by atoms with Crippen LogP contribution in [-0.4, -0.2) is 45.8 Å². The summed E-state index contributed by atoms with van der Waals surface area (Å²) in [6, 6.07) is 13.5. The molecule has 0 radical (unpaired) electrons. The van der Waals surface area contributed by atoms with E-state index in [1.807, 2.05) is 10.6 Å². The zero-order chi connectivity index (χ0) is 19.8. The maximum atomic E-state index is 14.7. The molecule has 1 saturated heterocycles. The van der Waals surface area contributed by atoms with Crippen LogP contribution in [0.2, 0.25) is 0 Å². The third kappa shape index (κ3) is 3.09. The van der Waals surface area contributed by atoms with Crippen molar-refractivity contribution in [2.45, 2.75) is 0 Å². The molecule has 4 aromatic rings. The zero-order valence-corrected chi connectivity index (χ0v) is 15.6. The van der Waals surface area contributed by atoms with E-state index in [0.717, 1.165) is 30.2 Å². The molecule has 1 N–H and O–H groups in total. The molecule has 146 valence electrons. The minimum absolute atomic E-state index is 0.172. The summed E-state index contributed by atoms with van der Waals surface area (Å²) in [6.45, 7) is 2.72. The molecule has 2 aromatic heterocycles. The van der Waals surface area contributed by atoms with E-state index in [2.05, 4.69) is 9.88 Å². The summed E-state index contributed by atoms with van der Waals surface area (Å²) < 4.78 is 22.1. The highest BCUT2D eigenvalue weighted by atomic mass is 19.1. The molecule has 0 unspecified atom stereocenters. The summed E-state index contributed by atoms with van der Waals surface area (Å²) in [6.07, 6.45) is 3.56. The molecule has 0 amide bonds. The summed E-state index contributed by atoms with van der Waals surface area (Å²) in [4.78, 5) is 11.5. The van der Waals surface area contributed by atoms with Crippen LogP contribution in [0.15, 0.2) is 60.9 Å². The first-order valence-electron chi connectivity index (χ1n) is 9.46. The van der Waals surface area contributed by atoms with Crippen molar-refractivity contribution in [3.8, 4) is 28.3 Å². The Morgan fingerprint density at radius 1 is 1.00 bits per heavy atom. The van der Waals surface area contributed by atoms with Gasteiger partial charge in [0.1, 0.15) is 17.3 Å². The lowest BCUT2D eigenvalue weighted by atomic mass is 10.0. The second-order valence-corrected chi connectivity index (χ2v) is 6.88. The highest BCUT2D eigenvalue weighted by Crippen LogP contribution is 2.36. The lowest BCUT2D eigenvalue weighted by molar-refractivity contribution is 0.122. The standard InChI is InChI=1S/C22H19FN4O2/c23-18-4-2-1-3-17(18)19-20(15-5-7-16(28)8-6-15)27-10-9-24-21(22(27)25-19)26-11-13-29-14-12-26/h1-10,28H,11-14H2. The predicted octanol–water partition coefficient (Wildman–Crippen LogP) is 3.74. The van der Waals surface area contributed by atoms with Gasteiger partial charge in [0.05, 0.1) is 18.9 Å². The molecule has 0 spiro atoms. The number of hydrogen-bond acceptors (Lipinski definition) is 5. The first-order valence-corrected chi connectivity index (χ1v) is 9.46. The largest absolute Gasteiger partial charge is 0.508 e. The lowest BCUT2D eigenvalue weighted by Gasteiger charge is -2.27. The maximum absolute atomic E-state index is 14.7. The fourth-order valence-electron chi connectivity index (χ4n) is 3.70. The average molecular weight is 390 g/mol. The topological polar surface area (TPSA) is 62.9 Å². The van der Waals surface area contributed by atoms with Crippen molar-refractivity contribution in [3.05, 3.63) is 66.7 Å². The van der Waals surface area contributed by atoms with Gasteiger partial charge in [0.25, 0.3) is 0 Å². The quantitative estimate of drug-likeness (QED) is 0.577. The number of phenolic OH excluding ortho intramolecular Hbond substituents is 1. The van der Waals surface area contributed by atoms with Gasteiger partial charge in [0.2, 0.25) is 0 Å². The molecule has 0 atom stereocenters. The summed E-state index contributed by atoms with van der Waals surface area (Å²) in [5.74, 6) is 0.584. The number of ether oxygens (including phenoxy) is 1. The van der Waals surface area contributed by atoms with E-state index in [4.69, 9.17) is 9.72 Å². The molecule has 5 rings (SSSR count). The number of morpholine rings is 1. The molecular formula is C22H19FN4O2. The Morgan fingerprint density at radius 2 is 1.76 bits per heavy atom. The molecule has 0 aliphatic carbocycles. The molecule has 7 heteroatoms. The zero-order valence-electron chi connectivity index (χ0n) is 15.6. The second-order valence-electron chi connectivity index (χ2n) is 6.88. The van der Waals surface area contributed by atoms with E-state index >= 15 is 0 Å². The third-order valence-corrected chi connectivity index (χ3v) is 5.10. The normalized spacial score (nSPS) is 14.4. The number of nitrogens with zero attached hydrogens (tertiary/aromatic N) is 4. The molecule has 1 aliphatic rings. The first-order chi connectivity index (χ1) is 14.2. The number of phenols is 1. The van der Waals surface area contributed by atoms with Gasteiger partial charge in [-0.05, 0) is 36.4 Å². The van der Waals surface area contributed by atoms with E-state index < -0.39 is 0 Å². The fourth-order valence-corrected chi connectivity index (χ4v) is 3.70. The summed E-state index contributed by atoms with van der Waals surface area (Å²) >= 11 is 0. The molecule has 0 saturated carbocycles. The van der Waals surface area contributed by atoms with Crippen molar-refractivity contribution in [2.24, 2.45) is 0 Å². The predicted molar refractivity (Wildman–Crippen MR) is 109 cm³/mol. The van der Waals surface area contributed by atoms with Crippen molar-refractivity contribution in [1.82, 2.24) is 14.4 Å². The van der Waals surface area contributed by atoms with Crippen LogP contribution < -0.4 is 4.90 Å². The minimum Gasteiger partial charge on any atom is -0.508 e. The van der Waals surface area contributed by atoms with Crippen molar-refractivity contribution in [3.63, 3.8) is 0 Å². The van der Waals surface area contributed by atoms with Crippen molar-refractivity contribution < 1.29 is 14.2 Å². The van der Waals surface area contributed by atoms with Gasteiger partial charge in [-0.2, -0.15) is 0 Å². The van der Waals surface area contributed by atoms with E-state index in [1.165, 1.54) is 6.07 Å². The number of hydrogen-bond donors (Lipinski definition) is 1. The Kier molecular flexibility index (Phi) is 4.37. The molecule has 6 nitrogen and oxygen atoms in total. The van der Waals surface area contributed by atoms with Gasteiger partial charge in [0, 0.05) is 36.6 Å². The van der Waals surface area contributed by atoms with Crippen LogP contribution in [0.3, 0.4) is 0 Å². The lowest BCUT2D eigenvalue weighted by Crippen LogP contribution is -2.37. The number of imidazole rings is 1. The smallest absolute Gasteiger partial charge is 0.181 e. The Labute approximate surface area is 166 Å². The van der Waals surface area contributed by atoms with Gasteiger partial charge in [-0.3, -0.25) is 4.40 Å². The van der Waals surface area contributed by atoms with Crippen molar-refractivity contribution >= 4 is 11.5 Å². The third-order valence-electron chi connectivity index (χ3n) is 5.10. The first kappa shape index (κ1) is 17.6. The fraction of sp³-hybridized carbons (Fsp3) is 0.182. The van der Waals surface area contributed by atoms with Gasteiger partial charge in [-0.25, -0.2) is 14.4 Å². The number of aromatic nitrogens is 3. The van der Waals surface area contributed by atoms with Crippen LogP contribution >= 0.6 is 0 Å². The Morgan fingerprint density at radius 3 is 2.52 bits per heavy atom. The number of anilines is 1. The van der Waals surface area contributed by atoms with E-state index in [9.17, 15) is 9.50 Å². The van der Waals surface area contributed by atoms with Gasteiger partial charge >= 0.3 is 0 Å². The number of benzene rings is 2. The molecule has 1 aliphatic heterocycles. The average Bonchev–Trinajstić information content (AvgIpc) is 3.14. The van der Waals surface area contributed by atoms with Gasteiger partial charge in [0.15, 0.2) is 11.5 Å². The monoisotopic (exact) mass is 390 g/mol. The summed E-state index contributed by atoms with van der Waals surface area (Å²) in [5.41, 5.74) is 3.20. The van der Waals surface area contributed by atoms with Gasteiger partial charge in [-0.15, -0.1) is 0 Å². The van der Waals surface area contributed by atoms with E-state index in [0.29, 0.717) is 30.1 Å². The number of halogens is 1. The molecule has 2 aromatic carbocycles. The van der Waals surface area contributed by atoms with Crippen LogP contribution in [0.5, 0.6) is 5.75 Å². The second kappa shape index (κ2) is 7.18. The van der Waals surface area contributed by atoms with Gasteiger partial charge in [-0.1, -0.05) is 12.1 Å². The van der Waals surface area contributed by atoms with Crippen LogP contribution in [0.4, 0.5) is 10.2 Å². The number of aromatic hydroxyl groups is 1. The van der Waals surface area contributed by atoms with Crippen molar-refractivity contribution in [2.75, 3.05) is 31.2 Å². The van der Waals surface area contributed by atoms with Crippen molar-refractivity contribution in [1.29, 1.82) is 0 Å². The Balaban J connectivity index is 1.79. The molecule has 3 heterocycles. The molecule has 0 bridgehead atoms. The van der Waals surface area contributed by atoms with Crippen LogP contribution in [-0.2, 0) is 4.74 Å². The highest BCUT2D eigenvalue weighted by molar-refractivity contribution is 5.85. The number of rotatable bonds is 3. The maximum Gasteiger partial charge on any atom is 0.181 e. The SMILES string of the molecule is Oc1ccc(-c2c(-c3ccccc3F)nc3c(N4CCOCC4)nccn23)cc1. The molecular weight excluding hydrogens is 371 g/mol. The molecule has 1 fully saturated rings. The minimum atomic E-state index is -0.336. The Hall–Kier alpha value is -3.45. The van der Waals surface area contributed by atoms with E-state index in [1.54, 1.807) is 48.7 Å². The van der Waals surface area contributed by atoms with Gasteiger partial charge < -0.3 is 14.7 Å². The van der Waals surface area contributed by atoms with Crippen LogP contribution in [0, 0.1) is 5.82 Å². The van der Waals surface area contributed by atoms with Crippen LogP contribution in [0.1, 0.15) is 0 Å². The highest BCUT2D eigenvalue weighted by Gasteiger charge is 2.23. The van der Waals surface area contributed by atoms with Crippen LogP contribution in [0.25, 0.3) is 28.2 Å². The molecule has 29 heavy (non-hydrogen) atoms. The summed E-state index contributed by atoms with van der Waals surface area (Å²) in [5, 5.41) is 9.70. The van der Waals surface area contributed by atoms with E-state index in [-0.39, 0.29) is 11.6 Å². The summed E-state index contributed by atoms with van der Waals surface area (Å²) in [7, 11) is 0. The Bertz CT molecular complexity index is 1170. The number of fused-ring (bicyclic) bond motifs is 1.